The number of hydrogen-bond donors (Lipinski definition) is 0. The summed E-state index contributed by atoms with van der Waals surface area (Å²) in [7, 11) is 0. The minimum Gasteiger partial charge on any atom is -0.493 e. The van der Waals surface area contributed by atoms with E-state index in [2.05, 4.69) is 53.2 Å². The fourth-order valence-corrected chi connectivity index (χ4v) is 6.18. The average Bonchev–Trinajstić information content (AvgIpc) is 3.14. The zero-order valence-corrected chi connectivity index (χ0v) is 30.4. The van der Waals surface area contributed by atoms with E-state index in [1.165, 1.54) is 16.7 Å². The molecule has 6 rings (SSSR count). The number of hydrogen-bond acceptors (Lipinski definition) is 6. The zero-order chi connectivity index (χ0) is 35.6. The lowest BCUT2D eigenvalue weighted by Crippen LogP contribution is -2.47. The number of carbonyl (C=O) groups is 1. The topological polar surface area (TPSA) is 64.1 Å². The van der Waals surface area contributed by atoms with Gasteiger partial charge < -0.3 is 19.1 Å². The molecular formula is C42H41Cl2N3O4. The number of piperazine rings is 1. The van der Waals surface area contributed by atoms with Crippen LogP contribution in [-0.2, 0) is 24.4 Å². The fraction of sp³-hybridized carbons (Fsp3) is 0.238. The van der Waals surface area contributed by atoms with E-state index in [-0.39, 0.29) is 5.91 Å². The van der Waals surface area contributed by atoms with Crippen molar-refractivity contribution in [1.29, 1.82) is 0 Å². The van der Waals surface area contributed by atoms with Crippen molar-refractivity contribution in [1.82, 2.24) is 14.8 Å². The third kappa shape index (κ3) is 10.6. The molecule has 5 aromatic rings. The first-order chi connectivity index (χ1) is 24.8. The van der Waals surface area contributed by atoms with Crippen LogP contribution in [0.15, 0.2) is 109 Å². The van der Waals surface area contributed by atoms with Gasteiger partial charge in [-0.3, -0.25) is 9.69 Å². The van der Waals surface area contributed by atoms with Crippen LogP contribution in [0.5, 0.6) is 23.1 Å². The molecule has 1 saturated heterocycles. The minimum atomic E-state index is -0.0113. The van der Waals surface area contributed by atoms with Gasteiger partial charge in [-0.25, -0.2) is 4.98 Å². The molecule has 2 heterocycles. The molecule has 9 heteroatoms. The molecule has 0 atom stereocenters. The highest BCUT2D eigenvalue weighted by atomic mass is 35.5. The van der Waals surface area contributed by atoms with Gasteiger partial charge in [0.05, 0.1) is 17.8 Å². The van der Waals surface area contributed by atoms with Gasteiger partial charge in [-0.05, 0) is 90.2 Å². The van der Waals surface area contributed by atoms with Gasteiger partial charge in [-0.2, -0.15) is 0 Å². The average molecular weight is 723 g/mol. The quantitative estimate of drug-likeness (QED) is 0.113. The highest BCUT2D eigenvalue weighted by Gasteiger charge is 2.20. The SMILES string of the molecule is Cc1ccc(COc2ccc(Oc3c(C)cc(/C=C/C(=O)N4CCN(Cc5ccc(CCOc6ccc(Cl)cc6)cc5)CC4)cc3Cl)nc2)cc1. The van der Waals surface area contributed by atoms with E-state index in [1.54, 1.807) is 30.5 Å². The number of nitrogens with zero attached hydrogens (tertiary/aromatic N) is 3. The third-order valence-corrected chi connectivity index (χ3v) is 9.23. The van der Waals surface area contributed by atoms with Crippen molar-refractivity contribution < 1.29 is 19.0 Å². The first-order valence-electron chi connectivity index (χ1n) is 17.1. The molecule has 0 unspecified atom stereocenters. The number of halogens is 2. The monoisotopic (exact) mass is 721 g/mol. The first kappa shape index (κ1) is 36.0. The normalized spacial score (nSPS) is 13.4. The van der Waals surface area contributed by atoms with Crippen LogP contribution in [0.3, 0.4) is 0 Å². The molecule has 1 aromatic heterocycles. The molecule has 4 aromatic carbocycles. The lowest BCUT2D eigenvalue weighted by molar-refractivity contribution is -0.127. The molecule has 1 aliphatic heterocycles. The van der Waals surface area contributed by atoms with E-state index in [9.17, 15) is 4.79 Å². The number of aromatic nitrogens is 1. The maximum atomic E-state index is 13.0. The number of rotatable bonds is 13. The molecule has 0 N–H and O–H groups in total. The van der Waals surface area contributed by atoms with Crippen LogP contribution < -0.4 is 14.2 Å². The van der Waals surface area contributed by atoms with Gasteiger partial charge >= 0.3 is 0 Å². The van der Waals surface area contributed by atoms with E-state index < -0.39 is 0 Å². The second-order valence-corrected chi connectivity index (χ2v) is 13.5. The highest BCUT2D eigenvalue weighted by molar-refractivity contribution is 6.32. The van der Waals surface area contributed by atoms with E-state index >= 15 is 0 Å². The Morgan fingerprint density at radius 3 is 2.16 bits per heavy atom. The van der Waals surface area contributed by atoms with Gasteiger partial charge in [-0.15, -0.1) is 0 Å². The largest absolute Gasteiger partial charge is 0.493 e. The van der Waals surface area contributed by atoms with E-state index in [0.717, 1.165) is 48.5 Å². The van der Waals surface area contributed by atoms with Crippen molar-refractivity contribution in [2.75, 3.05) is 32.8 Å². The van der Waals surface area contributed by atoms with Gasteiger partial charge in [0.15, 0.2) is 5.75 Å². The lowest BCUT2D eigenvalue weighted by atomic mass is 10.1. The molecule has 0 radical (unpaired) electrons. The summed E-state index contributed by atoms with van der Waals surface area (Å²) in [6.45, 7) is 8.90. The molecule has 51 heavy (non-hydrogen) atoms. The summed E-state index contributed by atoms with van der Waals surface area (Å²) in [4.78, 5) is 21.7. The second-order valence-electron chi connectivity index (χ2n) is 12.7. The minimum absolute atomic E-state index is 0.0113. The maximum absolute atomic E-state index is 13.0. The summed E-state index contributed by atoms with van der Waals surface area (Å²) in [6, 6.07) is 31.6. The van der Waals surface area contributed by atoms with Crippen molar-refractivity contribution in [3.63, 3.8) is 0 Å². The summed E-state index contributed by atoms with van der Waals surface area (Å²) in [5.74, 6) is 2.39. The van der Waals surface area contributed by atoms with Crippen molar-refractivity contribution in [2.24, 2.45) is 0 Å². The molecule has 0 bridgehead atoms. The van der Waals surface area contributed by atoms with Crippen LogP contribution in [0.2, 0.25) is 10.0 Å². The number of amides is 1. The van der Waals surface area contributed by atoms with Crippen molar-refractivity contribution in [3.8, 4) is 23.1 Å². The van der Waals surface area contributed by atoms with Crippen LogP contribution in [0, 0.1) is 13.8 Å². The summed E-state index contributed by atoms with van der Waals surface area (Å²) in [5.41, 5.74) is 6.45. The van der Waals surface area contributed by atoms with E-state index in [0.29, 0.717) is 53.7 Å². The van der Waals surface area contributed by atoms with Gasteiger partial charge in [-0.1, -0.05) is 77.3 Å². The Morgan fingerprint density at radius 1 is 0.784 bits per heavy atom. The van der Waals surface area contributed by atoms with Crippen molar-refractivity contribution >= 4 is 35.2 Å². The molecule has 1 fully saturated rings. The first-order valence-corrected chi connectivity index (χ1v) is 17.8. The van der Waals surface area contributed by atoms with E-state index in [4.69, 9.17) is 37.4 Å². The fourth-order valence-electron chi connectivity index (χ4n) is 5.74. The predicted molar refractivity (Wildman–Crippen MR) is 204 cm³/mol. The Morgan fingerprint density at radius 2 is 1.47 bits per heavy atom. The van der Waals surface area contributed by atoms with E-state index in [1.807, 2.05) is 60.4 Å². The van der Waals surface area contributed by atoms with Crippen LogP contribution in [0.25, 0.3) is 6.08 Å². The zero-order valence-electron chi connectivity index (χ0n) is 28.9. The number of aryl methyl sites for hydroxylation is 2. The standard InChI is InChI=1S/C42H41Cl2N3O4/c1-30-3-5-34(6-4-30)29-50-38-16-17-40(45-27-38)51-42-31(2)25-35(26-39(42)44)11-18-41(48)47-22-20-46(21-23-47)28-33-9-7-32(8-10-33)19-24-49-37-14-12-36(43)13-15-37/h3-18,25-27H,19-24,28-29H2,1-2H3/b18-11+. The lowest BCUT2D eigenvalue weighted by Gasteiger charge is -2.34. The predicted octanol–water partition coefficient (Wildman–Crippen LogP) is 9.36. The van der Waals surface area contributed by atoms with Gasteiger partial charge in [0.25, 0.3) is 0 Å². The molecule has 7 nitrogen and oxygen atoms in total. The van der Waals surface area contributed by atoms with Crippen LogP contribution in [0.4, 0.5) is 0 Å². The number of carbonyl (C=O) groups excluding carboxylic acids is 1. The number of ether oxygens (including phenoxy) is 3. The van der Waals surface area contributed by atoms with Crippen LogP contribution in [0.1, 0.15) is 33.4 Å². The third-order valence-electron chi connectivity index (χ3n) is 8.70. The summed E-state index contributed by atoms with van der Waals surface area (Å²) in [5, 5.41) is 1.14. The van der Waals surface area contributed by atoms with Gasteiger partial charge in [0.1, 0.15) is 18.1 Å². The van der Waals surface area contributed by atoms with Gasteiger partial charge in [0, 0.05) is 56.3 Å². The molecule has 262 valence electrons. The van der Waals surface area contributed by atoms with Crippen LogP contribution in [-0.4, -0.2) is 53.5 Å². The molecule has 1 aliphatic rings. The Bertz CT molecular complexity index is 1900. The maximum Gasteiger partial charge on any atom is 0.246 e. The summed E-state index contributed by atoms with van der Waals surface area (Å²) in [6.07, 6.45) is 5.89. The molecule has 0 saturated carbocycles. The summed E-state index contributed by atoms with van der Waals surface area (Å²) < 4.78 is 17.7. The Kier molecular flexibility index (Phi) is 12.3. The van der Waals surface area contributed by atoms with Crippen molar-refractivity contribution in [2.45, 2.75) is 33.4 Å². The molecule has 0 aliphatic carbocycles. The Balaban J connectivity index is 0.931. The number of benzene rings is 4. The van der Waals surface area contributed by atoms with Crippen molar-refractivity contribution in [3.05, 3.63) is 153 Å². The molecule has 1 amide bonds. The smallest absolute Gasteiger partial charge is 0.246 e. The Hall–Kier alpha value is -4.82. The highest BCUT2D eigenvalue weighted by Crippen LogP contribution is 2.34. The van der Waals surface area contributed by atoms with Crippen LogP contribution >= 0.6 is 23.2 Å². The Labute approximate surface area is 310 Å². The van der Waals surface area contributed by atoms with Gasteiger partial charge in [0.2, 0.25) is 11.8 Å². The second kappa shape index (κ2) is 17.4. The molecule has 0 spiro atoms. The molecular weight excluding hydrogens is 681 g/mol. The number of pyridine rings is 1. The summed E-state index contributed by atoms with van der Waals surface area (Å²) >= 11 is 12.6.